The number of hydrogen-bond acceptors (Lipinski definition) is 2. The van der Waals surface area contributed by atoms with Gasteiger partial charge < -0.3 is 5.11 Å². The summed E-state index contributed by atoms with van der Waals surface area (Å²) in [6, 6.07) is 7.66. The third kappa shape index (κ3) is 2.30. The molecular formula is C10H10BrNO. The van der Waals surface area contributed by atoms with Gasteiger partial charge in [-0.1, -0.05) is 28.1 Å². The van der Waals surface area contributed by atoms with E-state index in [-0.39, 0.29) is 0 Å². The normalized spacial score (nSPS) is 12.2. The molecule has 1 rings (SSSR count). The second-order valence-corrected chi connectivity index (χ2v) is 3.68. The van der Waals surface area contributed by atoms with E-state index in [1.165, 1.54) is 0 Å². The molecular weight excluding hydrogens is 230 g/mol. The highest BCUT2D eigenvalue weighted by molar-refractivity contribution is 9.10. The van der Waals surface area contributed by atoms with Crippen molar-refractivity contribution in [1.82, 2.24) is 0 Å². The Morgan fingerprint density at radius 3 is 2.85 bits per heavy atom. The average Bonchev–Trinajstić information content (AvgIpc) is 2.04. The van der Waals surface area contributed by atoms with Crippen molar-refractivity contribution in [3.63, 3.8) is 0 Å². The van der Waals surface area contributed by atoms with Crippen LogP contribution in [0.4, 0.5) is 0 Å². The lowest BCUT2D eigenvalue weighted by atomic mass is 10.0. The maximum absolute atomic E-state index is 9.47. The predicted molar refractivity (Wildman–Crippen MR) is 54.1 cm³/mol. The largest absolute Gasteiger partial charge is 0.389 e. The molecule has 1 N–H and O–H groups in total. The van der Waals surface area contributed by atoms with Crippen LogP contribution in [0.15, 0.2) is 22.7 Å². The van der Waals surface area contributed by atoms with Crippen LogP contribution in [-0.2, 0) is 6.42 Å². The van der Waals surface area contributed by atoms with Gasteiger partial charge in [0, 0.05) is 4.47 Å². The third-order valence-electron chi connectivity index (χ3n) is 1.83. The van der Waals surface area contributed by atoms with Crippen LogP contribution >= 0.6 is 15.9 Å². The van der Waals surface area contributed by atoms with Crippen molar-refractivity contribution in [2.45, 2.75) is 19.4 Å². The van der Waals surface area contributed by atoms with Crippen LogP contribution in [0.1, 0.15) is 24.2 Å². The van der Waals surface area contributed by atoms with Crippen molar-refractivity contribution >= 4 is 15.9 Å². The summed E-state index contributed by atoms with van der Waals surface area (Å²) < 4.78 is 0.857. The number of rotatable bonds is 2. The summed E-state index contributed by atoms with van der Waals surface area (Å²) in [4.78, 5) is 0. The lowest BCUT2D eigenvalue weighted by Crippen LogP contribution is -1.98. The highest BCUT2D eigenvalue weighted by atomic mass is 79.9. The topological polar surface area (TPSA) is 44.0 Å². The minimum atomic E-state index is -0.543. The van der Waals surface area contributed by atoms with Crippen LogP contribution in [0.5, 0.6) is 0 Å². The molecule has 2 nitrogen and oxygen atoms in total. The highest BCUT2D eigenvalue weighted by Gasteiger charge is 2.10. The standard InChI is InChI=1S/C10H10BrNO/c1-7(13)10-8(5-6-12)3-2-4-9(10)11/h2-4,7,13H,5H2,1H3. The molecule has 0 heterocycles. The summed E-state index contributed by atoms with van der Waals surface area (Å²) in [6.07, 6.45) is -0.210. The maximum Gasteiger partial charge on any atom is 0.0775 e. The first kappa shape index (κ1) is 10.2. The molecule has 0 aliphatic rings. The molecule has 0 saturated carbocycles. The summed E-state index contributed by atoms with van der Waals surface area (Å²) >= 11 is 3.35. The van der Waals surface area contributed by atoms with Gasteiger partial charge in [-0.25, -0.2) is 0 Å². The van der Waals surface area contributed by atoms with Gasteiger partial charge in [-0.15, -0.1) is 0 Å². The van der Waals surface area contributed by atoms with Crippen molar-refractivity contribution < 1.29 is 5.11 Å². The Morgan fingerprint density at radius 2 is 2.31 bits per heavy atom. The Balaban J connectivity index is 3.19. The van der Waals surface area contributed by atoms with E-state index in [4.69, 9.17) is 5.26 Å². The molecule has 0 fully saturated rings. The van der Waals surface area contributed by atoms with E-state index in [0.29, 0.717) is 6.42 Å². The summed E-state index contributed by atoms with van der Waals surface area (Å²) in [5.74, 6) is 0. The number of aliphatic hydroxyl groups is 1. The van der Waals surface area contributed by atoms with Gasteiger partial charge >= 0.3 is 0 Å². The van der Waals surface area contributed by atoms with Crippen LogP contribution < -0.4 is 0 Å². The minimum Gasteiger partial charge on any atom is -0.389 e. The van der Waals surface area contributed by atoms with Gasteiger partial charge in [-0.2, -0.15) is 5.26 Å². The first-order valence-electron chi connectivity index (χ1n) is 3.99. The fraction of sp³-hybridized carbons (Fsp3) is 0.300. The minimum absolute atomic E-state index is 0.333. The van der Waals surface area contributed by atoms with Crippen LogP contribution in [0.3, 0.4) is 0 Å². The molecule has 0 amide bonds. The summed E-state index contributed by atoms with van der Waals surface area (Å²) in [6.45, 7) is 1.70. The zero-order valence-electron chi connectivity index (χ0n) is 7.29. The molecule has 0 bridgehead atoms. The van der Waals surface area contributed by atoms with Gasteiger partial charge in [0.2, 0.25) is 0 Å². The Labute approximate surface area is 85.9 Å². The average molecular weight is 240 g/mol. The first-order valence-corrected chi connectivity index (χ1v) is 4.78. The van der Waals surface area contributed by atoms with Gasteiger partial charge in [-0.3, -0.25) is 0 Å². The summed E-state index contributed by atoms with van der Waals surface area (Å²) in [5, 5.41) is 18.0. The van der Waals surface area contributed by atoms with Crippen molar-refractivity contribution in [2.24, 2.45) is 0 Å². The molecule has 1 atom stereocenters. The van der Waals surface area contributed by atoms with E-state index < -0.39 is 6.10 Å². The van der Waals surface area contributed by atoms with Crippen molar-refractivity contribution in [3.8, 4) is 6.07 Å². The molecule has 1 unspecified atom stereocenters. The second kappa shape index (κ2) is 4.40. The summed E-state index contributed by atoms with van der Waals surface area (Å²) in [5.41, 5.74) is 1.69. The van der Waals surface area contributed by atoms with Gasteiger partial charge in [0.05, 0.1) is 18.6 Å². The molecule has 1 aromatic carbocycles. The van der Waals surface area contributed by atoms with Gasteiger partial charge in [0.25, 0.3) is 0 Å². The predicted octanol–water partition coefficient (Wildman–Crippen LogP) is 2.57. The SMILES string of the molecule is CC(O)c1c(Br)cccc1CC#N. The Morgan fingerprint density at radius 1 is 1.62 bits per heavy atom. The van der Waals surface area contributed by atoms with E-state index in [1.807, 2.05) is 18.2 Å². The van der Waals surface area contributed by atoms with E-state index in [9.17, 15) is 5.11 Å². The Hall–Kier alpha value is -0.850. The Kier molecular flexibility index (Phi) is 3.47. The molecule has 13 heavy (non-hydrogen) atoms. The number of hydrogen-bond donors (Lipinski definition) is 1. The van der Waals surface area contributed by atoms with Crippen LogP contribution in [-0.4, -0.2) is 5.11 Å². The first-order chi connectivity index (χ1) is 6.16. The molecule has 0 spiro atoms. The van der Waals surface area contributed by atoms with Gasteiger partial charge in [0.15, 0.2) is 0 Å². The number of nitrogens with zero attached hydrogens (tertiary/aromatic N) is 1. The van der Waals surface area contributed by atoms with Gasteiger partial charge in [-0.05, 0) is 24.1 Å². The number of halogens is 1. The van der Waals surface area contributed by atoms with Crippen molar-refractivity contribution in [2.75, 3.05) is 0 Å². The monoisotopic (exact) mass is 239 g/mol. The smallest absolute Gasteiger partial charge is 0.0775 e. The van der Waals surface area contributed by atoms with Crippen LogP contribution in [0, 0.1) is 11.3 Å². The molecule has 3 heteroatoms. The van der Waals surface area contributed by atoms with E-state index >= 15 is 0 Å². The van der Waals surface area contributed by atoms with E-state index in [2.05, 4.69) is 22.0 Å². The quantitative estimate of drug-likeness (QED) is 0.863. The highest BCUT2D eigenvalue weighted by Crippen LogP contribution is 2.26. The fourth-order valence-corrected chi connectivity index (χ4v) is 2.03. The molecule has 0 radical (unpaired) electrons. The maximum atomic E-state index is 9.47. The Bertz CT molecular complexity index is 341. The lowest BCUT2D eigenvalue weighted by Gasteiger charge is -2.11. The molecule has 68 valence electrons. The number of nitriles is 1. The molecule has 0 saturated heterocycles. The second-order valence-electron chi connectivity index (χ2n) is 2.82. The van der Waals surface area contributed by atoms with Crippen LogP contribution in [0.2, 0.25) is 0 Å². The van der Waals surface area contributed by atoms with Gasteiger partial charge in [0.1, 0.15) is 0 Å². The third-order valence-corrected chi connectivity index (χ3v) is 2.52. The number of aliphatic hydroxyl groups excluding tert-OH is 1. The molecule has 0 aliphatic heterocycles. The van der Waals surface area contributed by atoms with E-state index in [1.54, 1.807) is 6.92 Å². The van der Waals surface area contributed by atoms with Crippen LogP contribution in [0.25, 0.3) is 0 Å². The fourth-order valence-electron chi connectivity index (χ4n) is 1.29. The lowest BCUT2D eigenvalue weighted by molar-refractivity contribution is 0.197. The zero-order chi connectivity index (χ0) is 9.84. The molecule has 0 aromatic heterocycles. The molecule has 1 aromatic rings. The number of benzene rings is 1. The zero-order valence-corrected chi connectivity index (χ0v) is 8.87. The molecule has 0 aliphatic carbocycles. The van der Waals surface area contributed by atoms with Crippen molar-refractivity contribution in [1.29, 1.82) is 5.26 Å². The van der Waals surface area contributed by atoms with E-state index in [0.717, 1.165) is 15.6 Å². The van der Waals surface area contributed by atoms with Crippen molar-refractivity contribution in [3.05, 3.63) is 33.8 Å². The summed E-state index contributed by atoms with van der Waals surface area (Å²) in [7, 11) is 0.